The van der Waals surface area contributed by atoms with E-state index in [0.717, 1.165) is 0 Å². The van der Waals surface area contributed by atoms with Crippen LogP contribution in [0.15, 0.2) is 24.5 Å². The molecule has 1 rings (SSSR count). The topological polar surface area (TPSA) is 42.9 Å². The van der Waals surface area contributed by atoms with Crippen molar-refractivity contribution in [3.63, 3.8) is 0 Å². The molecule has 54 valence electrons. The molecule has 0 unspecified atom stereocenters. The quantitative estimate of drug-likeness (QED) is 0.538. The van der Waals surface area contributed by atoms with Crippen molar-refractivity contribution in [2.75, 3.05) is 0 Å². The predicted octanol–water partition coefficient (Wildman–Crippen LogP) is 1.07. The lowest BCUT2D eigenvalue weighted by molar-refractivity contribution is -0.114. The van der Waals surface area contributed by atoms with Gasteiger partial charge in [-0.25, -0.2) is 0 Å². The summed E-state index contributed by atoms with van der Waals surface area (Å²) in [6.45, 7) is 3.06. The summed E-state index contributed by atoms with van der Waals surface area (Å²) in [7, 11) is 0. The summed E-state index contributed by atoms with van der Waals surface area (Å²) in [4.78, 5) is 9.44. The SMILES string of the molecule is CC(C)=O.c1ccnnc1. The van der Waals surface area contributed by atoms with Gasteiger partial charge in [-0.1, -0.05) is 0 Å². The van der Waals surface area contributed by atoms with E-state index < -0.39 is 0 Å². The first-order chi connectivity index (χ1) is 4.73. The number of hydrogen-bond donors (Lipinski definition) is 0. The molecule has 0 bridgehead atoms. The Morgan fingerprint density at radius 3 is 1.50 bits per heavy atom. The smallest absolute Gasteiger partial charge is 0.126 e. The zero-order valence-electron chi connectivity index (χ0n) is 6.11. The lowest BCUT2D eigenvalue weighted by Gasteiger charge is -1.69. The first kappa shape index (κ1) is 8.75. The molecular weight excluding hydrogens is 128 g/mol. The highest BCUT2D eigenvalue weighted by molar-refractivity contribution is 5.72. The van der Waals surface area contributed by atoms with Crippen LogP contribution in [0.3, 0.4) is 0 Å². The van der Waals surface area contributed by atoms with Crippen LogP contribution < -0.4 is 0 Å². The molecule has 1 aromatic heterocycles. The third-order valence-corrected chi connectivity index (χ3v) is 0.483. The molecule has 0 fully saturated rings. The van der Waals surface area contributed by atoms with Crippen LogP contribution in [0.2, 0.25) is 0 Å². The summed E-state index contributed by atoms with van der Waals surface area (Å²) >= 11 is 0. The molecular formula is C7H10N2O. The van der Waals surface area contributed by atoms with Crippen molar-refractivity contribution in [1.82, 2.24) is 10.2 Å². The molecule has 0 aliphatic carbocycles. The lowest BCUT2D eigenvalue weighted by atomic mass is 10.6. The van der Waals surface area contributed by atoms with Crippen molar-refractivity contribution in [3.05, 3.63) is 24.5 Å². The van der Waals surface area contributed by atoms with Gasteiger partial charge in [0.25, 0.3) is 0 Å². The molecule has 0 saturated heterocycles. The lowest BCUT2D eigenvalue weighted by Crippen LogP contribution is -1.69. The van der Waals surface area contributed by atoms with E-state index in [4.69, 9.17) is 0 Å². The van der Waals surface area contributed by atoms with Crippen LogP contribution in [0.5, 0.6) is 0 Å². The van der Waals surface area contributed by atoms with Crippen LogP contribution in [-0.2, 0) is 4.79 Å². The number of aromatic nitrogens is 2. The maximum absolute atomic E-state index is 9.44. The van der Waals surface area contributed by atoms with Crippen molar-refractivity contribution in [2.24, 2.45) is 0 Å². The van der Waals surface area contributed by atoms with Gasteiger partial charge in [-0.15, -0.1) is 0 Å². The number of carbonyl (C=O) groups is 1. The summed E-state index contributed by atoms with van der Waals surface area (Å²) < 4.78 is 0. The average Bonchev–Trinajstić information content (AvgIpc) is 1.90. The average molecular weight is 138 g/mol. The number of Topliss-reactive ketones (excluding diaryl/α,β-unsaturated/α-hetero) is 1. The standard InChI is InChI=1S/C4H4N2.C3H6O/c1-2-4-6-5-3-1;1-3(2)4/h1-4H;1-2H3. The van der Waals surface area contributed by atoms with Crippen LogP contribution in [0.1, 0.15) is 13.8 Å². The van der Waals surface area contributed by atoms with E-state index in [1.165, 1.54) is 13.8 Å². The Bertz CT molecular complexity index is 144. The van der Waals surface area contributed by atoms with Gasteiger partial charge >= 0.3 is 0 Å². The van der Waals surface area contributed by atoms with Crippen LogP contribution in [0, 0.1) is 0 Å². The number of hydrogen-bond acceptors (Lipinski definition) is 3. The molecule has 0 aliphatic rings. The van der Waals surface area contributed by atoms with E-state index in [-0.39, 0.29) is 5.78 Å². The summed E-state index contributed by atoms with van der Waals surface area (Å²) in [5.74, 6) is 0.167. The third-order valence-electron chi connectivity index (χ3n) is 0.483. The molecule has 0 aliphatic heterocycles. The fourth-order valence-corrected chi connectivity index (χ4v) is 0.253. The molecule has 10 heavy (non-hydrogen) atoms. The molecule has 1 heterocycles. The Kier molecular flexibility index (Phi) is 5.14. The summed E-state index contributed by atoms with van der Waals surface area (Å²) in [5.41, 5.74) is 0. The molecule has 0 spiro atoms. The maximum atomic E-state index is 9.44. The molecule has 3 nitrogen and oxygen atoms in total. The monoisotopic (exact) mass is 138 g/mol. The highest BCUT2D eigenvalue weighted by atomic mass is 16.1. The summed E-state index contributed by atoms with van der Waals surface area (Å²) in [6, 6.07) is 3.65. The Balaban J connectivity index is 0.000000180. The second-order valence-electron chi connectivity index (χ2n) is 1.82. The van der Waals surface area contributed by atoms with Crippen molar-refractivity contribution >= 4 is 5.78 Å². The van der Waals surface area contributed by atoms with Crippen LogP contribution >= 0.6 is 0 Å². The fraction of sp³-hybridized carbons (Fsp3) is 0.286. The maximum Gasteiger partial charge on any atom is 0.126 e. The van der Waals surface area contributed by atoms with E-state index in [9.17, 15) is 4.79 Å². The van der Waals surface area contributed by atoms with Crippen LogP contribution in [0.25, 0.3) is 0 Å². The minimum absolute atomic E-state index is 0.167. The zero-order valence-corrected chi connectivity index (χ0v) is 6.11. The molecule has 0 atom stereocenters. The third kappa shape index (κ3) is 9.89. The van der Waals surface area contributed by atoms with Gasteiger partial charge in [0, 0.05) is 12.4 Å². The molecule has 0 amide bonds. The zero-order chi connectivity index (χ0) is 7.82. The molecule has 0 aromatic carbocycles. The van der Waals surface area contributed by atoms with Gasteiger partial charge in [-0.3, -0.25) is 0 Å². The number of nitrogens with zero attached hydrogens (tertiary/aromatic N) is 2. The van der Waals surface area contributed by atoms with Gasteiger partial charge in [0.1, 0.15) is 5.78 Å². The van der Waals surface area contributed by atoms with Crippen molar-refractivity contribution in [2.45, 2.75) is 13.8 Å². The van der Waals surface area contributed by atoms with E-state index in [1.807, 2.05) is 12.1 Å². The van der Waals surface area contributed by atoms with Gasteiger partial charge < -0.3 is 4.79 Å². The van der Waals surface area contributed by atoms with Crippen molar-refractivity contribution < 1.29 is 4.79 Å². The second-order valence-corrected chi connectivity index (χ2v) is 1.82. The number of rotatable bonds is 0. The minimum atomic E-state index is 0.167. The highest BCUT2D eigenvalue weighted by Gasteiger charge is 1.62. The van der Waals surface area contributed by atoms with E-state index >= 15 is 0 Å². The molecule has 3 heteroatoms. The Morgan fingerprint density at radius 2 is 1.40 bits per heavy atom. The highest BCUT2D eigenvalue weighted by Crippen LogP contribution is 1.68. The normalized spacial score (nSPS) is 7.40. The first-order valence-electron chi connectivity index (χ1n) is 2.92. The number of ketones is 1. The summed E-state index contributed by atoms with van der Waals surface area (Å²) in [6.07, 6.45) is 3.28. The Hall–Kier alpha value is -1.25. The Morgan fingerprint density at radius 1 is 1.10 bits per heavy atom. The second kappa shape index (κ2) is 5.88. The fourth-order valence-electron chi connectivity index (χ4n) is 0.253. The van der Waals surface area contributed by atoms with E-state index in [1.54, 1.807) is 12.4 Å². The van der Waals surface area contributed by atoms with Crippen molar-refractivity contribution in [3.8, 4) is 0 Å². The largest absolute Gasteiger partial charge is 0.300 e. The van der Waals surface area contributed by atoms with Gasteiger partial charge in [0.15, 0.2) is 0 Å². The molecule has 0 radical (unpaired) electrons. The Labute approximate surface area is 60.1 Å². The number of carbonyl (C=O) groups excluding carboxylic acids is 1. The summed E-state index contributed by atoms with van der Waals surface area (Å²) in [5, 5.41) is 7.07. The van der Waals surface area contributed by atoms with Crippen molar-refractivity contribution in [1.29, 1.82) is 0 Å². The van der Waals surface area contributed by atoms with Crippen LogP contribution in [0.4, 0.5) is 0 Å². The van der Waals surface area contributed by atoms with Crippen LogP contribution in [-0.4, -0.2) is 16.0 Å². The molecule has 1 aromatic rings. The van der Waals surface area contributed by atoms with Gasteiger partial charge in [0.05, 0.1) is 0 Å². The van der Waals surface area contributed by atoms with Gasteiger partial charge in [0.2, 0.25) is 0 Å². The minimum Gasteiger partial charge on any atom is -0.300 e. The molecule has 0 N–H and O–H groups in total. The predicted molar refractivity (Wildman–Crippen MR) is 38.4 cm³/mol. The van der Waals surface area contributed by atoms with Gasteiger partial charge in [-0.2, -0.15) is 10.2 Å². The van der Waals surface area contributed by atoms with E-state index in [0.29, 0.717) is 0 Å². The first-order valence-corrected chi connectivity index (χ1v) is 2.92. The molecule has 0 saturated carbocycles. The van der Waals surface area contributed by atoms with Gasteiger partial charge in [-0.05, 0) is 26.0 Å². The van der Waals surface area contributed by atoms with E-state index in [2.05, 4.69) is 10.2 Å².